The van der Waals surface area contributed by atoms with Crippen molar-refractivity contribution in [2.75, 3.05) is 26.6 Å². The number of hydrogen-bond donors (Lipinski definition) is 1. The maximum Gasteiger partial charge on any atom is 0.224 e. The lowest BCUT2D eigenvalue weighted by Crippen LogP contribution is -2.12. The number of carbonyl (C=O) groups excluding carboxylic acids is 1. The summed E-state index contributed by atoms with van der Waals surface area (Å²) in [5, 5.41) is 2.89. The Morgan fingerprint density at radius 3 is 2.08 bits per heavy atom. The van der Waals surface area contributed by atoms with E-state index in [2.05, 4.69) is 27.9 Å². The van der Waals surface area contributed by atoms with Crippen LogP contribution in [0.15, 0.2) is 36.4 Å². The van der Waals surface area contributed by atoms with Gasteiger partial charge in [0.25, 0.3) is 0 Å². The number of carbonyl (C=O) groups is 1. The second-order valence-corrected chi connectivity index (χ2v) is 6.33. The third-order valence-electron chi connectivity index (χ3n) is 3.49. The van der Waals surface area contributed by atoms with Crippen LogP contribution in [0.3, 0.4) is 0 Å². The number of hydrogen-bond acceptors (Lipinski definition) is 4. The van der Waals surface area contributed by atoms with E-state index < -0.39 is 0 Å². The molecular formula is C18H20INO4. The van der Waals surface area contributed by atoms with Crippen LogP contribution in [-0.4, -0.2) is 27.2 Å². The summed E-state index contributed by atoms with van der Waals surface area (Å²) in [6, 6.07) is 11.4. The Balaban J connectivity index is 2.03. The highest BCUT2D eigenvalue weighted by Gasteiger charge is 2.14. The third-order valence-corrected chi connectivity index (χ3v) is 4.21. The minimum atomic E-state index is -0.0371. The van der Waals surface area contributed by atoms with E-state index in [1.165, 1.54) is 0 Å². The summed E-state index contributed by atoms with van der Waals surface area (Å²) >= 11 is 2.23. The first kappa shape index (κ1) is 18.4. The number of halogens is 1. The summed E-state index contributed by atoms with van der Waals surface area (Å²) in [5.74, 6) is 1.69. The monoisotopic (exact) mass is 441 g/mol. The first-order valence-corrected chi connectivity index (χ1v) is 8.49. The number of ether oxygens (including phenoxy) is 3. The van der Waals surface area contributed by atoms with Crippen LogP contribution in [0.1, 0.15) is 12.0 Å². The molecule has 0 saturated carbocycles. The van der Waals surface area contributed by atoms with Crippen LogP contribution in [-0.2, 0) is 11.2 Å². The molecule has 0 aromatic heterocycles. The number of aryl methyl sites for hydroxylation is 1. The molecule has 0 heterocycles. The molecule has 0 bridgehead atoms. The molecule has 0 aliphatic heterocycles. The second kappa shape index (κ2) is 8.77. The van der Waals surface area contributed by atoms with Crippen LogP contribution in [0, 0.1) is 3.57 Å². The van der Waals surface area contributed by atoms with Crippen molar-refractivity contribution in [1.29, 1.82) is 0 Å². The molecule has 5 nitrogen and oxygen atoms in total. The molecule has 0 fully saturated rings. The molecule has 24 heavy (non-hydrogen) atoms. The summed E-state index contributed by atoms with van der Waals surface area (Å²) < 4.78 is 17.1. The Bertz CT molecular complexity index is 676. The van der Waals surface area contributed by atoms with Crippen LogP contribution in [0.5, 0.6) is 17.2 Å². The number of benzene rings is 2. The third kappa shape index (κ3) is 4.77. The molecule has 2 rings (SSSR count). The number of methoxy groups -OCH3 is 3. The van der Waals surface area contributed by atoms with Crippen molar-refractivity contribution >= 4 is 34.2 Å². The molecule has 1 N–H and O–H groups in total. The van der Waals surface area contributed by atoms with Crippen molar-refractivity contribution in [2.45, 2.75) is 12.8 Å². The lowest BCUT2D eigenvalue weighted by molar-refractivity contribution is -0.116. The van der Waals surface area contributed by atoms with Crippen LogP contribution < -0.4 is 19.5 Å². The molecule has 2 aromatic rings. The lowest BCUT2D eigenvalue weighted by Gasteiger charge is -2.14. The molecule has 0 saturated heterocycles. The van der Waals surface area contributed by atoms with Crippen molar-refractivity contribution in [3.63, 3.8) is 0 Å². The first-order chi connectivity index (χ1) is 11.6. The fraction of sp³-hybridized carbons (Fsp3) is 0.278. The second-order valence-electron chi connectivity index (χ2n) is 5.09. The number of anilines is 1. The summed E-state index contributed by atoms with van der Waals surface area (Å²) in [5.41, 5.74) is 1.74. The fourth-order valence-electron chi connectivity index (χ4n) is 2.29. The van der Waals surface area contributed by atoms with Crippen molar-refractivity contribution in [3.05, 3.63) is 45.5 Å². The van der Waals surface area contributed by atoms with Crippen molar-refractivity contribution < 1.29 is 19.0 Å². The van der Waals surface area contributed by atoms with Gasteiger partial charge in [0, 0.05) is 15.7 Å². The number of rotatable bonds is 7. The summed E-state index contributed by atoms with van der Waals surface area (Å²) in [7, 11) is 4.71. The van der Waals surface area contributed by atoms with E-state index in [1.807, 2.05) is 36.4 Å². The van der Waals surface area contributed by atoms with Crippen molar-refractivity contribution in [1.82, 2.24) is 0 Å². The SMILES string of the molecule is COc1cc(CCC(=O)Nc2ccc(I)cc2)cc(OC)c1OC. The van der Waals surface area contributed by atoms with E-state index in [0.717, 1.165) is 14.8 Å². The molecule has 0 unspecified atom stereocenters. The topological polar surface area (TPSA) is 56.8 Å². The van der Waals surface area contributed by atoms with E-state index in [0.29, 0.717) is 30.1 Å². The minimum Gasteiger partial charge on any atom is -0.493 e. The Labute approximate surface area is 155 Å². The predicted molar refractivity (Wildman–Crippen MR) is 102 cm³/mol. The molecule has 128 valence electrons. The van der Waals surface area contributed by atoms with Gasteiger partial charge in [-0.1, -0.05) is 0 Å². The van der Waals surface area contributed by atoms with Gasteiger partial charge in [0.1, 0.15) is 0 Å². The van der Waals surface area contributed by atoms with Gasteiger partial charge in [0.15, 0.2) is 11.5 Å². The highest BCUT2D eigenvalue weighted by molar-refractivity contribution is 14.1. The van der Waals surface area contributed by atoms with Gasteiger partial charge < -0.3 is 19.5 Å². The molecule has 2 aromatic carbocycles. The zero-order chi connectivity index (χ0) is 17.5. The Hall–Kier alpha value is -1.96. The summed E-state index contributed by atoms with van der Waals surface area (Å²) in [6.07, 6.45) is 0.942. The van der Waals surface area contributed by atoms with E-state index in [-0.39, 0.29) is 5.91 Å². The molecule has 1 amide bonds. The molecule has 0 aliphatic carbocycles. The number of nitrogens with one attached hydrogen (secondary N) is 1. The van der Waals surface area contributed by atoms with Gasteiger partial charge in [-0.3, -0.25) is 4.79 Å². The molecule has 0 radical (unpaired) electrons. The van der Waals surface area contributed by atoms with E-state index in [4.69, 9.17) is 14.2 Å². The lowest BCUT2D eigenvalue weighted by atomic mass is 10.1. The van der Waals surface area contributed by atoms with E-state index in [9.17, 15) is 4.79 Å². The fourth-order valence-corrected chi connectivity index (χ4v) is 2.65. The number of amides is 1. The van der Waals surface area contributed by atoms with Crippen LogP contribution in [0.25, 0.3) is 0 Å². The smallest absolute Gasteiger partial charge is 0.224 e. The van der Waals surface area contributed by atoms with Crippen molar-refractivity contribution in [3.8, 4) is 17.2 Å². The zero-order valence-electron chi connectivity index (χ0n) is 13.9. The van der Waals surface area contributed by atoms with Gasteiger partial charge in [0.2, 0.25) is 11.7 Å². The van der Waals surface area contributed by atoms with Gasteiger partial charge in [-0.2, -0.15) is 0 Å². The highest BCUT2D eigenvalue weighted by Crippen LogP contribution is 2.38. The van der Waals surface area contributed by atoms with Crippen molar-refractivity contribution in [2.24, 2.45) is 0 Å². The van der Waals surface area contributed by atoms with Gasteiger partial charge in [-0.25, -0.2) is 0 Å². The summed E-state index contributed by atoms with van der Waals surface area (Å²) in [6.45, 7) is 0. The molecular weight excluding hydrogens is 421 g/mol. The van der Waals surface area contributed by atoms with Crippen LogP contribution in [0.2, 0.25) is 0 Å². The standard InChI is InChI=1S/C18H20INO4/c1-22-15-10-12(11-16(23-2)18(15)24-3)4-9-17(21)20-14-7-5-13(19)6-8-14/h5-8,10-11H,4,9H2,1-3H3,(H,20,21). The molecule has 0 atom stereocenters. The quantitative estimate of drug-likeness (QED) is 0.663. The average molecular weight is 441 g/mol. The maximum atomic E-state index is 12.1. The van der Waals surface area contributed by atoms with Gasteiger partial charge in [-0.05, 0) is 71.0 Å². The largest absolute Gasteiger partial charge is 0.493 e. The van der Waals surface area contributed by atoms with Gasteiger partial charge in [0.05, 0.1) is 21.3 Å². The normalized spacial score (nSPS) is 10.2. The molecule has 0 spiro atoms. The predicted octanol–water partition coefficient (Wildman–Crippen LogP) is 3.89. The Morgan fingerprint density at radius 2 is 1.58 bits per heavy atom. The van der Waals surface area contributed by atoms with Crippen LogP contribution in [0.4, 0.5) is 5.69 Å². The summed E-state index contributed by atoms with van der Waals surface area (Å²) in [4.78, 5) is 12.1. The Kier molecular flexibility index (Phi) is 6.72. The van der Waals surface area contributed by atoms with Crippen LogP contribution >= 0.6 is 22.6 Å². The highest BCUT2D eigenvalue weighted by atomic mass is 127. The minimum absolute atomic E-state index is 0.0371. The van der Waals surface area contributed by atoms with Gasteiger partial charge in [-0.15, -0.1) is 0 Å². The zero-order valence-corrected chi connectivity index (χ0v) is 16.0. The van der Waals surface area contributed by atoms with E-state index >= 15 is 0 Å². The maximum absolute atomic E-state index is 12.1. The average Bonchev–Trinajstić information content (AvgIpc) is 2.60. The first-order valence-electron chi connectivity index (χ1n) is 7.41. The Morgan fingerprint density at radius 1 is 1.00 bits per heavy atom. The van der Waals surface area contributed by atoms with E-state index in [1.54, 1.807) is 21.3 Å². The molecule has 6 heteroatoms. The van der Waals surface area contributed by atoms with Gasteiger partial charge >= 0.3 is 0 Å². The molecule has 0 aliphatic rings.